The van der Waals surface area contributed by atoms with Crippen molar-refractivity contribution in [3.05, 3.63) is 34.9 Å². The van der Waals surface area contributed by atoms with Gasteiger partial charge in [-0.2, -0.15) is 0 Å². The van der Waals surface area contributed by atoms with E-state index in [2.05, 4.69) is 22.8 Å². The first-order valence-electron chi connectivity index (χ1n) is 8.49. The van der Waals surface area contributed by atoms with Crippen molar-refractivity contribution < 1.29 is 9.53 Å². The normalized spacial score (nSPS) is 30.3. The highest BCUT2D eigenvalue weighted by Gasteiger charge is 2.32. The Balaban J connectivity index is 1.36. The number of ether oxygens (including phenoxy) is 1. The molecule has 2 saturated carbocycles. The molecule has 0 unspecified atom stereocenters. The topological polar surface area (TPSA) is 50.4 Å². The minimum absolute atomic E-state index is 0.0228. The number of benzene rings is 1. The van der Waals surface area contributed by atoms with Gasteiger partial charge in [-0.05, 0) is 62.1 Å². The molecule has 0 radical (unpaired) electrons. The van der Waals surface area contributed by atoms with Gasteiger partial charge in [-0.25, -0.2) is 4.79 Å². The van der Waals surface area contributed by atoms with Crippen molar-refractivity contribution in [2.75, 3.05) is 7.11 Å². The minimum atomic E-state index is -0.0228. The summed E-state index contributed by atoms with van der Waals surface area (Å²) >= 11 is 5.91. The Bertz CT molecular complexity index is 520. The maximum atomic E-state index is 12.1. The molecule has 2 aliphatic carbocycles. The average Bonchev–Trinajstić information content (AvgIpc) is 2.52. The molecule has 0 spiro atoms. The van der Waals surface area contributed by atoms with Gasteiger partial charge in [0, 0.05) is 24.2 Å². The van der Waals surface area contributed by atoms with Crippen LogP contribution in [-0.4, -0.2) is 31.3 Å². The Labute approximate surface area is 142 Å². The van der Waals surface area contributed by atoms with Gasteiger partial charge < -0.3 is 15.4 Å². The number of urea groups is 1. The molecule has 0 atom stereocenters. The van der Waals surface area contributed by atoms with E-state index in [9.17, 15) is 4.79 Å². The van der Waals surface area contributed by atoms with Crippen LogP contribution in [0.3, 0.4) is 0 Å². The standard InChI is InChI=1S/C18H25ClN2O2/c1-23-17-8-6-15(7-9-17)20-18(22)21-16-10-13(11-16)12-2-4-14(19)5-3-12/h2-5,13,15-17H,6-11H2,1H3,(H2,20,21,22). The summed E-state index contributed by atoms with van der Waals surface area (Å²) in [6.07, 6.45) is 6.45. The fraction of sp³-hybridized carbons (Fsp3) is 0.611. The largest absolute Gasteiger partial charge is 0.381 e. The summed E-state index contributed by atoms with van der Waals surface area (Å²) in [5.41, 5.74) is 1.31. The number of halogens is 1. The van der Waals surface area contributed by atoms with E-state index in [1.807, 2.05) is 12.1 Å². The highest BCUT2D eigenvalue weighted by Crippen LogP contribution is 2.37. The minimum Gasteiger partial charge on any atom is -0.381 e. The molecule has 2 aliphatic rings. The molecule has 5 heteroatoms. The number of hydrogen-bond acceptors (Lipinski definition) is 2. The molecule has 2 fully saturated rings. The second-order valence-corrected chi connectivity index (χ2v) is 7.18. The first kappa shape index (κ1) is 16.6. The van der Waals surface area contributed by atoms with Crippen LogP contribution in [0.25, 0.3) is 0 Å². The summed E-state index contributed by atoms with van der Waals surface area (Å²) < 4.78 is 5.36. The molecule has 23 heavy (non-hydrogen) atoms. The van der Waals surface area contributed by atoms with Crippen LogP contribution in [0.15, 0.2) is 24.3 Å². The Morgan fingerprint density at radius 2 is 1.65 bits per heavy atom. The molecular weight excluding hydrogens is 312 g/mol. The summed E-state index contributed by atoms with van der Waals surface area (Å²) in [4.78, 5) is 12.1. The summed E-state index contributed by atoms with van der Waals surface area (Å²) in [6.45, 7) is 0. The number of carbonyl (C=O) groups is 1. The van der Waals surface area contributed by atoms with Crippen molar-refractivity contribution in [3.8, 4) is 0 Å². The van der Waals surface area contributed by atoms with Gasteiger partial charge in [-0.3, -0.25) is 0 Å². The predicted octanol–water partition coefficient (Wildman–Crippen LogP) is 3.84. The summed E-state index contributed by atoms with van der Waals surface area (Å²) in [7, 11) is 1.76. The second kappa shape index (κ2) is 7.54. The third-order valence-corrected chi connectivity index (χ3v) is 5.41. The van der Waals surface area contributed by atoms with Crippen LogP contribution in [0.1, 0.15) is 50.0 Å². The molecule has 0 aromatic heterocycles. The fourth-order valence-electron chi connectivity index (χ4n) is 3.60. The number of hydrogen-bond donors (Lipinski definition) is 2. The number of carbonyl (C=O) groups excluding carboxylic acids is 1. The summed E-state index contributed by atoms with van der Waals surface area (Å²) in [5, 5.41) is 6.96. The molecule has 2 amide bonds. The highest BCUT2D eigenvalue weighted by atomic mass is 35.5. The quantitative estimate of drug-likeness (QED) is 0.877. The van der Waals surface area contributed by atoms with Crippen LogP contribution in [-0.2, 0) is 4.74 Å². The van der Waals surface area contributed by atoms with Gasteiger partial charge in [0.1, 0.15) is 0 Å². The molecule has 2 N–H and O–H groups in total. The number of nitrogens with one attached hydrogen (secondary N) is 2. The molecule has 3 rings (SSSR count). The maximum Gasteiger partial charge on any atom is 0.315 e. The zero-order valence-corrected chi connectivity index (χ0v) is 14.3. The van der Waals surface area contributed by atoms with E-state index in [1.165, 1.54) is 5.56 Å². The van der Waals surface area contributed by atoms with Gasteiger partial charge >= 0.3 is 6.03 Å². The van der Waals surface area contributed by atoms with Crippen LogP contribution in [0.2, 0.25) is 5.02 Å². The van der Waals surface area contributed by atoms with E-state index >= 15 is 0 Å². The third kappa shape index (κ3) is 4.39. The van der Waals surface area contributed by atoms with Crippen LogP contribution >= 0.6 is 11.6 Å². The van der Waals surface area contributed by atoms with Gasteiger partial charge in [-0.1, -0.05) is 23.7 Å². The third-order valence-electron chi connectivity index (χ3n) is 5.16. The summed E-state index contributed by atoms with van der Waals surface area (Å²) in [6, 6.07) is 8.57. The Hall–Kier alpha value is -1.26. The first-order valence-corrected chi connectivity index (χ1v) is 8.87. The predicted molar refractivity (Wildman–Crippen MR) is 91.9 cm³/mol. The lowest BCUT2D eigenvalue weighted by atomic mass is 9.76. The van der Waals surface area contributed by atoms with Crippen molar-refractivity contribution in [2.45, 2.75) is 62.6 Å². The fourth-order valence-corrected chi connectivity index (χ4v) is 3.72. The van der Waals surface area contributed by atoms with E-state index in [0.717, 1.165) is 43.5 Å². The van der Waals surface area contributed by atoms with Gasteiger partial charge in [0.15, 0.2) is 0 Å². The lowest BCUT2D eigenvalue weighted by Gasteiger charge is -2.37. The van der Waals surface area contributed by atoms with Crippen LogP contribution in [0, 0.1) is 0 Å². The van der Waals surface area contributed by atoms with Gasteiger partial charge in [0.05, 0.1) is 6.10 Å². The summed E-state index contributed by atoms with van der Waals surface area (Å²) in [5.74, 6) is 0.537. The molecule has 0 saturated heterocycles. The lowest BCUT2D eigenvalue weighted by molar-refractivity contribution is 0.0634. The van der Waals surface area contributed by atoms with Crippen molar-refractivity contribution in [2.24, 2.45) is 0 Å². The molecule has 0 aliphatic heterocycles. The molecule has 0 bridgehead atoms. The molecule has 1 aromatic carbocycles. The average molecular weight is 337 g/mol. The molecule has 126 valence electrons. The maximum absolute atomic E-state index is 12.1. The van der Waals surface area contributed by atoms with Crippen LogP contribution < -0.4 is 10.6 Å². The number of methoxy groups -OCH3 is 1. The Morgan fingerprint density at radius 3 is 2.26 bits per heavy atom. The molecule has 4 nitrogen and oxygen atoms in total. The molecular formula is C18H25ClN2O2. The number of amides is 2. The van der Waals surface area contributed by atoms with Crippen LogP contribution in [0.4, 0.5) is 4.79 Å². The monoisotopic (exact) mass is 336 g/mol. The lowest BCUT2D eigenvalue weighted by Crippen LogP contribution is -2.51. The van der Waals surface area contributed by atoms with Crippen molar-refractivity contribution in [1.29, 1.82) is 0 Å². The zero-order valence-electron chi connectivity index (χ0n) is 13.6. The van der Waals surface area contributed by atoms with Gasteiger partial charge in [0.25, 0.3) is 0 Å². The zero-order chi connectivity index (χ0) is 16.2. The Kier molecular flexibility index (Phi) is 5.44. The Morgan fingerprint density at radius 1 is 1.04 bits per heavy atom. The van der Waals surface area contributed by atoms with Crippen molar-refractivity contribution in [3.63, 3.8) is 0 Å². The van der Waals surface area contributed by atoms with E-state index in [4.69, 9.17) is 16.3 Å². The van der Waals surface area contributed by atoms with Gasteiger partial charge in [-0.15, -0.1) is 0 Å². The van der Waals surface area contributed by atoms with Crippen molar-refractivity contribution in [1.82, 2.24) is 10.6 Å². The second-order valence-electron chi connectivity index (χ2n) is 6.74. The van der Waals surface area contributed by atoms with E-state index < -0.39 is 0 Å². The smallest absolute Gasteiger partial charge is 0.315 e. The van der Waals surface area contributed by atoms with Gasteiger partial charge in [0.2, 0.25) is 0 Å². The van der Waals surface area contributed by atoms with Crippen LogP contribution in [0.5, 0.6) is 0 Å². The number of rotatable bonds is 4. The van der Waals surface area contributed by atoms with E-state index in [0.29, 0.717) is 12.0 Å². The molecule has 1 aromatic rings. The SMILES string of the molecule is COC1CCC(NC(=O)NC2CC(c3ccc(Cl)cc3)C2)CC1. The van der Waals surface area contributed by atoms with E-state index in [-0.39, 0.29) is 18.1 Å². The first-order chi connectivity index (χ1) is 11.1. The highest BCUT2D eigenvalue weighted by molar-refractivity contribution is 6.30. The van der Waals surface area contributed by atoms with E-state index in [1.54, 1.807) is 7.11 Å². The van der Waals surface area contributed by atoms with Crippen molar-refractivity contribution >= 4 is 17.6 Å². The molecule has 0 heterocycles.